The third-order valence-electron chi connectivity index (χ3n) is 3.72. The zero-order valence-electron chi connectivity index (χ0n) is 15.0. The van der Waals surface area contributed by atoms with E-state index in [-0.39, 0.29) is 29.6 Å². The van der Waals surface area contributed by atoms with Gasteiger partial charge in [-0.3, -0.25) is 14.2 Å². The summed E-state index contributed by atoms with van der Waals surface area (Å²) >= 11 is 3.37. The number of hydrogen-bond acceptors (Lipinski definition) is 6. The standard InChI is InChI=1S/C19H19IN4O3S/c1-11(10-25)22-17(21)16-18(26)24-28-19(16)23-13-5-7-14(8-6-13)27-15-4-2-3-12(20)9-15/h2-9,11,23,25H,10H2,1H3,(H2,21,22)(H,24,26). The number of ether oxygens (including phenoxy) is 1. The maximum atomic E-state index is 12.1. The van der Waals surface area contributed by atoms with Crippen LogP contribution in [0.25, 0.3) is 0 Å². The summed E-state index contributed by atoms with van der Waals surface area (Å²) in [6.45, 7) is 1.57. The predicted octanol–water partition coefficient (Wildman–Crippen LogP) is 3.66. The summed E-state index contributed by atoms with van der Waals surface area (Å²) in [5, 5.41) is 12.9. The first-order valence-corrected chi connectivity index (χ1v) is 10.3. The normalized spacial score (nSPS) is 12.6. The third kappa shape index (κ3) is 5.12. The van der Waals surface area contributed by atoms with Crippen LogP contribution >= 0.6 is 34.1 Å². The summed E-state index contributed by atoms with van der Waals surface area (Å²) in [5.74, 6) is 1.55. The predicted molar refractivity (Wildman–Crippen MR) is 121 cm³/mol. The van der Waals surface area contributed by atoms with Gasteiger partial charge in [-0.25, -0.2) is 0 Å². The van der Waals surface area contributed by atoms with Crippen molar-refractivity contribution in [2.24, 2.45) is 10.7 Å². The maximum Gasteiger partial charge on any atom is 0.271 e. The zero-order valence-corrected chi connectivity index (χ0v) is 18.0. The van der Waals surface area contributed by atoms with Gasteiger partial charge in [-0.2, -0.15) is 0 Å². The van der Waals surface area contributed by atoms with Gasteiger partial charge in [0.15, 0.2) is 0 Å². The van der Waals surface area contributed by atoms with Crippen LogP contribution < -0.4 is 21.3 Å². The molecular weight excluding hydrogens is 491 g/mol. The van der Waals surface area contributed by atoms with Crippen LogP contribution in [0.4, 0.5) is 10.7 Å². The Morgan fingerprint density at radius 3 is 2.75 bits per heavy atom. The number of aromatic nitrogens is 1. The summed E-state index contributed by atoms with van der Waals surface area (Å²) in [7, 11) is 0. The Kier molecular flexibility index (Phi) is 6.70. The van der Waals surface area contributed by atoms with E-state index in [2.05, 4.69) is 37.3 Å². The molecule has 3 rings (SSSR count). The lowest BCUT2D eigenvalue weighted by atomic mass is 10.2. The second-order valence-corrected chi connectivity index (χ2v) is 8.05. The molecule has 3 aromatic rings. The number of anilines is 2. The Morgan fingerprint density at radius 2 is 2.07 bits per heavy atom. The van der Waals surface area contributed by atoms with Crippen LogP contribution in [-0.2, 0) is 0 Å². The van der Waals surface area contributed by atoms with E-state index in [9.17, 15) is 4.79 Å². The molecule has 0 aliphatic rings. The van der Waals surface area contributed by atoms with E-state index >= 15 is 0 Å². The number of aliphatic imine (C=N–C) groups is 1. The molecule has 0 fully saturated rings. The number of aliphatic hydroxyl groups excluding tert-OH is 1. The number of aliphatic hydroxyl groups is 1. The van der Waals surface area contributed by atoms with Crippen molar-refractivity contribution >= 4 is 50.6 Å². The molecule has 1 atom stereocenters. The molecule has 146 valence electrons. The molecule has 28 heavy (non-hydrogen) atoms. The van der Waals surface area contributed by atoms with Crippen molar-refractivity contribution in [2.45, 2.75) is 13.0 Å². The fourth-order valence-corrected chi connectivity index (χ4v) is 3.65. The van der Waals surface area contributed by atoms with E-state index in [1.807, 2.05) is 48.5 Å². The lowest BCUT2D eigenvalue weighted by Crippen LogP contribution is -2.24. The molecule has 1 aromatic heterocycles. The quantitative estimate of drug-likeness (QED) is 0.220. The highest BCUT2D eigenvalue weighted by Gasteiger charge is 2.15. The molecule has 0 radical (unpaired) electrons. The molecule has 0 spiro atoms. The van der Waals surface area contributed by atoms with E-state index in [0.29, 0.717) is 10.8 Å². The molecular formula is C19H19IN4O3S. The van der Waals surface area contributed by atoms with Crippen molar-refractivity contribution in [3.8, 4) is 11.5 Å². The highest BCUT2D eigenvalue weighted by atomic mass is 127. The monoisotopic (exact) mass is 510 g/mol. The SMILES string of the molecule is CC(CO)N=C(N)c1c(Nc2ccc(Oc3cccc(I)c3)cc2)s[nH]c1=O. The molecule has 7 nitrogen and oxygen atoms in total. The van der Waals surface area contributed by atoms with Crippen molar-refractivity contribution in [1.82, 2.24) is 4.37 Å². The number of hydrogen-bond donors (Lipinski definition) is 4. The topological polar surface area (TPSA) is 113 Å². The van der Waals surface area contributed by atoms with Gasteiger partial charge in [0.25, 0.3) is 5.56 Å². The van der Waals surface area contributed by atoms with Gasteiger partial charge in [0.1, 0.15) is 27.9 Å². The third-order valence-corrected chi connectivity index (χ3v) is 5.19. The van der Waals surface area contributed by atoms with Gasteiger partial charge in [-0.15, -0.1) is 0 Å². The van der Waals surface area contributed by atoms with Crippen molar-refractivity contribution in [1.29, 1.82) is 0 Å². The second-order valence-electron chi connectivity index (χ2n) is 5.99. The van der Waals surface area contributed by atoms with E-state index in [1.165, 1.54) is 0 Å². The zero-order chi connectivity index (χ0) is 20.1. The van der Waals surface area contributed by atoms with Crippen LogP contribution in [0.1, 0.15) is 12.5 Å². The molecule has 1 heterocycles. The fraction of sp³-hybridized carbons (Fsp3) is 0.158. The minimum atomic E-state index is -0.385. The average Bonchev–Trinajstić information content (AvgIpc) is 3.03. The van der Waals surface area contributed by atoms with Crippen LogP contribution in [0.2, 0.25) is 0 Å². The molecule has 0 aliphatic heterocycles. The van der Waals surface area contributed by atoms with Gasteiger partial charge in [-0.1, -0.05) is 6.07 Å². The number of aromatic amines is 1. The number of rotatable bonds is 7. The maximum absolute atomic E-state index is 12.1. The van der Waals surface area contributed by atoms with E-state index in [0.717, 1.165) is 26.5 Å². The van der Waals surface area contributed by atoms with Gasteiger partial charge in [0, 0.05) is 9.26 Å². The average molecular weight is 510 g/mol. The molecule has 9 heteroatoms. The lowest BCUT2D eigenvalue weighted by molar-refractivity contribution is 0.274. The number of nitrogens with zero attached hydrogens (tertiary/aromatic N) is 1. The Morgan fingerprint density at radius 1 is 1.32 bits per heavy atom. The number of benzene rings is 2. The Bertz CT molecular complexity index is 1030. The van der Waals surface area contributed by atoms with Gasteiger partial charge in [-0.05, 0) is 83.5 Å². The molecule has 0 amide bonds. The van der Waals surface area contributed by atoms with Crippen LogP contribution in [-0.4, -0.2) is 28.0 Å². The summed E-state index contributed by atoms with van der Waals surface area (Å²) in [6.07, 6.45) is 0. The van der Waals surface area contributed by atoms with Gasteiger partial charge >= 0.3 is 0 Å². The highest BCUT2D eigenvalue weighted by Crippen LogP contribution is 2.27. The number of amidine groups is 1. The molecule has 1 unspecified atom stereocenters. The minimum Gasteiger partial charge on any atom is -0.457 e. The van der Waals surface area contributed by atoms with E-state index in [4.69, 9.17) is 15.6 Å². The van der Waals surface area contributed by atoms with E-state index < -0.39 is 0 Å². The van der Waals surface area contributed by atoms with Gasteiger partial charge in [0.2, 0.25) is 0 Å². The van der Waals surface area contributed by atoms with Crippen LogP contribution in [0.3, 0.4) is 0 Å². The molecule has 0 saturated heterocycles. The summed E-state index contributed by atoms with van der Waals surface area (Å²) in [4.78, 5) is 16.2. The summed E-state index contributed by atoms with van der Waals surface area (Å²) < 4.78 is 9.59. The van der Waals surface area contributed by atoms with Crippen molar-refractivity contribution < 1.29 is 9.84 Å². The van der Waals surface area contributed by atoms with Gasteiger partial charge in [0.05, 0.1) is 12.6 Å². The minimum absolute atomic E-state index is 0.0881. The van der Waals surface area contributed by atoms with E-state index in [1.54, 1.807) is 6.92 Å². The number of nitrogens with one attached hydrogen (secondary N) is 2. The summed E-state index contributed by atoms with van der Waals surface area (Å²) in [6, 6.07) is 14.8. The van der Waals surface area contributed by atoms with Crippen LogP contribution in [0.5, 0.6) is 11.5 Å². The second kappa shape index (κ2) is 9.22. The Hall–Kier alpha value is -2.37. The first-order chi connectivity index (χ1) is 13.5. The van der Waals surface area contributed by atoms with Crippen molar-refractivity contribution in [3.63, 3.8) is 0 Å². The largest absolute Gasteiger partial charge is 0.457 e. The number of halogens is 1. The molecule has 0 saturated carbocycles. The summed E-state index contributed by atoms with van der Waals surface area (Å²) in [5.41, 5.74) is 6.68. The Labute approximate surface area is 179 Å². The highest BCUT2D eigenvalue weighted by molar-refractivity contribution is 14.1. The molecule has 0 aliphatic carbocycles. The van der Waals surface area contributed by atoms with Crippen LogP contribution in [0, 0.1) is 3.57 Å². The molecule has 5 N–H and O–H groups in total. The smallest absolute Gasteiger partial charge is 0.271 e. The Balaban J connectivity index is 1.76. The fourth-order valence-electron chi connectivity index (χ4n) is 2.37. The number of H-pyrrole nitrogens is 1. The number of nitrogens with two attached hydrogens (primary N) is 1. The molecule has 0 bridgehead atoms. The first-order valence-electron chi connectivity index (χ1n) is 8.42. The van der Waals surface area contributed by atoms with Crippen LogP contribution in [0.15, 0.2) is 58.3 Å². The van der Waals surface area contributed by atoms with Gasteiger partial charge < -0.3 is 20.9 Å². The first kappa shape index (κ1) is 20.4. The molecule has 2 aromatic carbocycles. The van der Waals surface area contributed by atoms with Crippen molar-refractivity contribution in [2.75, 3.05) is 11.9 Å². The lowest BCUT2D eigenvalue weighted by Gasteiger charge is -2.09. The van der Waals surface area contributed by atoms with Crippen molar-refractivity contribution in [3.05, 3.63) is 68.0 Å².